The van der Waals surface area contributed by atoms with Gasteiger partial charge in [0.15, 0.2) is 0 Å². The van der Waals surface area contributed by atoms with E-state index in [1.165, 1.54) is 0 Å². The molecule has 3 N–H and O–H groups in total. The molecule has 0 spiro atoms. The Morgan fingerprint density at radius 2 is 1.94 bits per heavy atom. The van der Waals surface area contributed by atoms with Crippen LogP contribution in [0.2, 0.25) is 0 Å². The summed E-state index contributed by atoms with van der Waals surface area (Å²) in [5.74, 6) is 0.951. The minimum atomic E-state index is 0.0557. The average Bonchev–Trinajstić information content (AvgIpc) is 2.46. The Kier molecular flexibility index (Phi) is 4.43. The highest BCUT2D eigenvalue weighted by Gasteiger charge is 2.21. The zero-order chi connectivity index (χ0) is 13.1. The molecule has 1 aromatic heterocycles. The average molecular weight is 238 g/mol. The highest BCUT2D eigenvalue weighted by atomic mass is 15.3. The van der Waals surface area contributed by atoms with Gasteiger partial charge in [0.2, 0.25) is 0 Å². The van der Waals surface area contributed by atoms with Crippen molar-refractivity contribution in [1.82, 2.24) is 9.78 Å². The van der Waals surface area contributed by atoms with Gasteiger partial charge in [0.25, 0.3) is 0 Å². The van der Waals surface area contributed by atoms with Crippen LogP contribution in [0.1, 0.15) is 52.7 Å². The fourth-order valence-electron chi connectivity index (χ4n) is 2.17. The van der Waals surface area contributed by atoms with Crippen LogP contribution in [0, 0.1) is 0 Å². The first-order valence-corrected chi connectivity index (χ1v) is 6.50. The summed E-state index contributed by atoms with van der Waals surface area (Å²) in [6.07, 6.45) is 4.27. The fourth-order valence-corrected chi connectivity index (χ4v) is 2.17. The van der Waals surface area contributed by atoms with Gasteiger partial charge in [-0.05, 0) is 26.7 Å². The van der Waals surface area contributed by atoms with E-state index in [1.807, 2.05) is 11.7 Å². The molecule has 0 saturated heterocycles. The Labute approximate surface area is 105 Å². The van der Waals surface area contributed by atoms with Crippen molar-refractivity contribution in [3.8, 4) is 0 Å². The van der Waals surface area contributed by atoms with E-state index >= 15 is 0 Å². The summed E-state index contributed by atoms with van der Waals surface area (Å²) in [5, 5.41) is 7.98. The Morgan fingerprint density at radius 3 is 2.47 bits per heavy atom. The molecule has 4 heteroatoms. The first kappa shape index (κ1) is 13.9. The van der Waals surface area contributed by atoms with E-state index in [-0.39, 0.29) is 5.54 Å². The lowest BCUT2D eigenvalue weighted by Crippen LogP contribution is -2.31. The van der Waals surface area contributed by atoms with Crippen LogP contribution in [0.4, 0.5) is 11.5 Å². The number of aromatic nitrogens is 2. The van der Waals surface area contributed by atoms with Gasteiger partial charge in [-0.25, -0.2) is 0 Å². The minimum absolute atomic E-state index is 0.0557. The van der Waals surface area contributed by atoms with Crippen LogP contribution in [0.25, 0.3) is 0 Å². The number of nitrogens with one attached hydrogen (secondary N) is 1. The van der Waals surface area contributed by atoms with Crippen LogP contribution in [0.15, 0.2) is 0 Å². The maximum Gasteiger partial charge on any atom is 0.148 e. The third kappa shape index (κ3) is 3.38. The smallest absolute Gasteiger partial charge is 0.148 e. The molecule has 0 aliphatic carbocycles. The summed E-state index contributed by atoms with van der Waals surface area (Å²) in [5.41, 5.74) is 8.01. The van der Waals surface area contributed by atoms with E-state index in [9.17, 15) is 0 Å². The van der Waals surface area contributed by atoms with E-state index in [0.717, 1.165) is 42.9 Å². The Bertz CT molecular complexity index is 366. The third-order valence-electron chi connectivity index (χ3n) is 2.98. The molecule has 0 aliphatic heterocycles. The van der Waals surface area contributed by atoms with Gasteiger partial charge in [-0.15, -0.1) is 0 Å². The highest BCUT2D eigenvalue weighted by molar-refractivity contribution is 5.65. The van der Waals surface area contributed by atoms with Crippen LogP contribution in [0.5, 0.6) is 0 Å². The van der Waals surface area contributed by atoms with Gasteiger partial charge in [0.05, 0.1) is 11.4 Å². The number of nitrogens with two attached hydrogens (primary N) is 1. The Morgan fingerprint density at radius 1 is 1.29 bits per heavy atom. The largest absolute Gasteiger partial charge is 0.394 e. The topological polar surface area (TPSA) is 55.9 Å². The minimum Gasteiger partial charge on any atom is -0.394 e. The van der Waals surface area contributed by atoms with Gasteiger partial charge in [-0.3, -0.25) is 4.68 Å². The number of nitrogens with zero attached hydrogens (tertiary/aromatic N) is 2. The molecule has 17 heavy (non-hydrogen) atoms. The molecule has 1 aromatic rings. The zero-order valence-electron chi connectivity index (χ0n) is 11.8. The van der Waals surface area contributed by atoms with Crippen LogP contribution < -0.4 is 11.1 Å². The Balaban J connectivity index is 2.91. The molecule has 0 amide bonds. The second-order valence-corrected chi connectivity index (χ2v) is 5.34. The molecule has 0 saturated carbocycles. The van der Waals surface area contributed by atoms with Gasteiger partial charge >= 0.3 is 0 Å². The van der Waals surface area contributed by atoms with Crippen molar-refractivity contribution in [3.63, 3.8) is 0 Å². The molecule has 0 atom stereocenters. The number of rotatable bonds is 6. The monoisotopic (exact) mass is 238 g/mol. The molecule has 4 nitrogen and oxygen atoms in total. The summed E-state index contributed by atoms with van der Waals surface area (Å²) in [6, 6.07) is 0. The van der Waals surface area contributed by atoms with Gasteiger partial charge in [0, 0.05) is 12.6 Å². The fraction of sp³-hybridized carbons (Fsp3) is 0.769. The van der Waals surface area contributed by atoms with Crippen molar-refractivity contribution in [3.05, 3.63) is 5.69 Å². The van der Waals surface area contributed by atoms with Crippen LogP contribution in [-0.2, 0) is 13.5 Å². The molecular formula is C13H26N4. The molecule has 0 aliphatic rings. The summed E-state index contributed by atoms with van der Waals surface area (Å²) >= 11 is 0. The number of hydrogen-bond donors (Lipinski definition) is 2. The predicted octanol–water partition coefficient (Wildman–Crippen LogP) is 2.95. The first-order chi connectivity index (χ1) is 7.91. The van der Waals surface area contributed by atoms with Crippen molar-refractivity contribution >= 4 is 11.5 Å². The standard InChI is InChI=1S/C13H26N4/c1-6-8-10-11(14)12(17(5)16-10)15-13(3,4)9-7-2/h15H,6-9,14H2,1-5H3. The van der Waals surface area contributed by atoms with E-state index in [4.69, 9.17) is 5.73 Å². The quantitative estimate of drug-likeness (QED) is 0.801. The number of anilines is 2. The SMILES string of the molecule is CCCc1nn(C)c(NC(C)(C)CCC)c1N. The van der Waals surface area contributed by atoms with Crippen molar-refractivity contribution < 1.29 is 0 Å². The third-order valence-corrected chi connectivity index (χ3v) is 2.98. The summed E-state index contributed by atoms with van der Waals surface area (Å²) in [4.78, 5) is 0. The maximum absolute atomic E-state index is 6.15. The van der Waals surface area contributed by atoms with Gasteiger partial charge in [-0.2, -0.15) is 5.10 Å². The van der Waals surface area contributed by atoms with Crippen molar-refractivity contribution in [2.45, 2.75) is 58.9 Å². The van der Waals surface area contributed by atoms with E-state index < -0.39 is 0 Å². The molecule has 0 bridgehead atoms. The molecule has 98 valence electrons. The molecule has 1 heterocycles. The van der Waals surface area contributed by atoms with Crippen LogP contribution in [0.3, 0.4) is 0 Å². The molecule has 1 rings (SSSR count). The summed E-state index contributed by atoms with van der Waals surface area (Å²) < 4.78 is 1.86. The molecule has 0 fully saturated rings. The number of nitrogen functional groups attached to an aromatic ring is 1. The summed E-state index contributed by atoms with van der Waals surface area (Å²) in [6.45, 7) is 8.73. The van der Waals surface area contributed by atoms with Gasteiger partial charge in [0.1, 0.15) is 5.82 Å². The van der Waals surface area contributed by atoms with E-state index in [1.54, 1.807) is 0 Å². The van der Waals surface area contributed by atoms with Gasteiger partial charge < -0.3 is 11.1 Å². The summed E-state index contributed by atoms with van der Waals surface area (Å²) in [7, 11) is 1.94. The predicted molar refractivity (Wildman–Crippen MR) is 74.2 cm³/mol. The normalized spacial score (nSPS) is 11.8. The number of hydrogen-bond acceptors (Lipinski definition) is 3. The molecule has 0 unspecified atom stereocenters. The van der Waals surface area contributed by atoms with Crippen molar-refractivity contribution in [2.24, 2.45) is 7.05 Å². The van der Waals surface area contributed by atoms with E-state index in [0.29, 0.717) is 0 Å². The zero-order valence-corrected chi connectivity index (χ0v) is 11.8. The molecule has 0 radical (unpaired) electrons. The second kappa shape index (κ2) is 5.43. The highest BCUT2D eigenvalue weighted by Crippen LogP contribution is 2.27. The van der Waals surface area contributed by atoms with E-state index in [2.05, 4.69) is 38.1 Å². The lowest BCUT2D eigenvalue weighted by atomic mass is 9.99. The lowest BCUT2D eigenvalue weighted by molar-refractivity contribution is 0.504. The van der Waals surface area contributed by atoms with Crippen LogP contribution in [-0.4, -0.2) is 15.3 Å². The molecular weight excluding hydrogens is 212 g/mol. The second-order valence-electron chi connectivity index (χ2n) is 5.34. The number of aryl methyl sites for hydroxylation is 2. The molecule has 0 aromatic carbocycles. The lowest BCUT2D eigenvalue weighted by Gasteiger charge is -2.27. The Hall–Kier alpha value is -1.19. The first-order valence-electron chi connectivity index (χ1n) is 6.50. The van der Waals surface area contributed by atoms with Crippen molar-refractivity contribution in [1.29, 1.82) is 0 Å². The van der Waals surface area contributed by atoms with Gasteiger partial charge in [-0.1, -0.05) is 26.7 Å². The maximum atomic E-state index is 6.15. The van der Waals surface area contributed by atoms with Crippen molar-refractivity contribution in [2.75, 3.05) is 11.1 Å². The van der Waals surface area contributed by atoms with Crippen LogP contribution >= 0.6 is 0 Å².